The van der Waals surface area contributed by atoms with Gasteiger partial charge in [0.15, 0.2) is 5.58 Å². The maximum atomic E-state index is 12.6. The number of benzene rings is 2. The smallest absolute Gasteiger partial charge is 0.420 e. The van der Waals surface area contributed by atoms with Gasteiger partial charge in [-0.25, -0.2) is 4.79 Å². The van der Waals surface area contributed by atoms with Gasteiger partial charge < -0.3 is 14.5 Å². The molecule has 0 radical (unpaired) electrons. The lowest BCUT2D eigenvalue weighted by atomic mass is 10.2. The number of carbonyl (C=O) groups is 1. The zero-order chi connectivity index (χ0) is 17.3. The predicted octanol–water partition coefficient (Wildman–Crippen LogP) is 3.46. The molecular weight excluding hydrogens is 332 g/mol. The van der Waals surface area contributed by atoms with Gasteiger partial charge in [0.2, 0.25) is 5.91 Å². The zero-order valence-electron chi connectivity index (χ0n) is 13.1. The summed E-state index contributed by atoms with van der Waals surface area (Å²) in [6, 6.07) is 11.1. The molecular formula is C17H15ClN2O4. The summed E-state index contributed by atoms with van der Waals surface area (Å²) in [6.07, 6.45) is 0. The summed E-state index contributed by atoms with van der Waals surface area (Å²) in [5, 5.41) is 3.20. The Morgan fingerprint density at radius 3 is 2.79 bits per heavy atom. The number of nitrogens with zero attached hydrogens (tertiary/aromatic N) is 1. The largest absolute Gasteiger partial charge is 0.495 e. The van der Waals surface area contributed by atoms with Crippen LogP contribution in [0.3, 0.4) is 0 Å². The number of hydrogen-bond donors (Lipinski definition) is 1. The molecule has 3 rings (SSSR count). The Hall–Kier alpha value is -2.73. The molecule has 1 atom stereocenters. The van der Waals surface area contributed by atoms with Gasteiger partial charge in [-0.15, -0.1) is 0 Å². The summed E-state index contributed by atoms with van der Waals surface area (Å²) in [5.74, 6) is -0.495. The maximum absolute atomic E-state index is 12.6. The van der Waals surface area contributed by atoms with E-state index in [4.69, 9.17) is 20.8 Å². The molecule has 1 amide bonds. The highest BCUT2D eigenvalue weighted by molar-refractivity contribution is 6.31. The number of amides is 1. The molecule has 0 spiro atoms. The van der Waals surface area contributed by atoms with Crippen molar-refractivity contribution < 1.29 is 13.9 Å². The number of halogens is 1. The Bertz CT molecular complexity index is 961. The van der Waals surface area contributed by atoms with E-state index in [1.165, 1.54) is 11.7 Å². The van der Waals surface area contributed by atoms with E-state index in [2.05, 4.69) is 5.32 Å². The number of carbonyl (C=O) groups excluding carboxylic acids is 1. The second-order valence-corrected chi connectivity index (χ2v) is 5.65. The van der Waals surface area contributed by atoms with Crippen molar-refractivity contribution in [1.82, 2.24) is 4.57 Å². The Morgan fingerprint density at radius 1 is 1.29 bits per heavy atom. The third-order valence-electron chi connectivity index (χ3n) is 3.70. The van der Waals surface area contributed by atoms with Crippen LogP contribution in [0.1, 0.15) is 13.0 Å². The molecule has 0 saturated carbocycles. The number of rotatable bonds is 4. The molecule has 1 N–H and O–H groups in total. The molecule has 3 aromatic rings. The van der Waals surface area contributed by atoms with Gasteiger partial charge in [-0.3, -0.25) is 9.36 Å². The molecule has 1 heterocycles. The number of fused-ring (bicyclic) bond motifs is 1. The third kappa shape index (κ3) is 2.88. The summed E-state index contributed by atoms with van der Waals surface area (Å²) in [6.45, 7) is 1.62. The molecule has 7 heteroatoms. The molecule has 0 aliphatic rings. The number of anilines is 1. The van der Waals surface area contributed by atoms with Gasteiger partial charge in [0.1, 0.15) is 11.8 Å². The quantitative estimate of drug-likeness (QED) is 0.785. The fraction of sp³-hybridized carbons (Fsp3) is 0.176. The average molecular weight is 347 g/mol. The molecule has 2 aromatic carbocycles. The van der Waals surface area contributed by atoms with E-state index in [0.717, 1.165) is 0 Å². The summed E-state index contributed by atoms with van der Waals surface area (Å²) in [5.41, 5.74) is 1.42. The molecule has 0 aliphatic carbocycles. The van der Waals surface area contributed by atoms with Crippen LogP contribution in [-0.4, -0.2) is 17.6 Å². The minimum Gasteiger partial charge on any atom is -0.495 e. The van der Waals surface area contributed by atoms with Crippen LogP contribution in [0.5, 0.6) is 5.75 Å². The van der Waals surface area contributed by atoms with Gasteiger partial charge in [0.05, 0.1) is 18.3 Å². The summed E-state index contributed by atoms with van der Waals surface area (Å²) in [7, 11) is 1.50. The van der Waals surface area contributed by atoms with Crippen LogP contribution in [0.4, 0.5) is 5.69 Å². The van der Waals surface area contributed by atoms with Crippen LogP contribution < -0.4 is 15.8 Å². The first kappa shape index (κ1) is 16.1. The number of nitrogens with one attached hydrogen (secondary N) is 1. The molecule has 24 heavy (non-hydrogen) atoms. The highest BCUT2D eigenvalue weighted by atomic mass is 35.5. The standard InChI is InChI=1S/C17H15ClN2O4/c1-10(20-13-5-3-4-6-15(13)24-17(20)22)16(21)19-12-9-11(18)7-8-14(12)23-2/h3-10H,1-2H3,(H,19,21). The van der Waals surface area contributed by atoms with Crippen LogP contribution in [0.25, 0.3) is 11.1 Å². The van der Waals surface area contributed by atoms with Crippen molar-refractivity contribution in [2.75, 3.05) is 12.4 Å². The first-order valence-electron chi connectivity index (χ1n) is 7.25. The van der Waals surface area contributed by atoms with Crippen molar-refractivity contribution in [3.8, 4) is 5.75 Å². The fourth-order valence-corrected chi connectivity index (χ4v) is 2.66. The highest BCUT2D eigenvalue weighted by Crippen LogP contribution is 2.28. The van der Waals surface area contributed by atoms with E-state index in [9.17, 15) is 9.59 Å². The molecule has 124 valence electrons. The SMILES string of the molecule is COc1ccc(Cl)cc1NC(=O)C(C)n1c(=O)oc2ccccc21. The zero-order valence-corrected chi connectivity index (χ0v) is 13.8. The number of oxazole rings is 1. The molecule has 1 unspecified atom stereocenters. The number of ether oxygens (including phenoxy) is 1. The Kier molecular flexibility index (Phi) is 4.31. The normalized spacial score (nSPS) is 12.1. The molecule has 0 saturated heterocycles. The monoisotopic (exact) mass is 346 g/mol. The van der Waals surface area contributed by atoms with Crippen molar-refractivity contribution in [3.05, 3.63) is 58.0 Å². The van der Waals surface area contributed by atoms with Crippen LogP contribution in [0.2, 0.25) is 5.02 Å². The molecule has 6 nitrogen and oxygen atoms in total. The average Bonchev–Trinajstić information content (AvgIpc) is 2.90. The van der Waals surface area contributed by atoms with Crippen molar-refractivity contribution in [2.45, 2.75) is 13.0 Å². The Labute approximate surface area is 142 Å². The van der Waals surface area contributed by atoms with Crippen molar-refractivity contribution >= 4 is 34.3 Å². The van der Waals surface area contributed by atoms with Gasteiger partial charge in [0.25, 0.3) is 0 Å². The summed E-state index contributed by atoms with van der Waals surface area (Å²) < 4.78 is 11.7. The van der Waals surface area contributed by atoms with E-state index >= 15 is 0 Å². The van der Waals surface area contributed by atoms with Crippen molar-refractivity contribution in [3.63, 3.8) is 0 Å². The van der Waals surface area contributed by atoms with Gasteiger partial charge in [-0.2, -0.15) is 0 Å². The lowest BCUT2D eigenvalue weighted by Gasteiger charge is -2.15. The predicted molar refractivity (Wildman–Crippen MR) is 91.8 cm³/mol. The van der Waals surface area contributed by atoms with E-state index in [0.29, 0.717) is 27.6 Å². The number of aromatic nitrogens is 1. The number of hydrogen-bond acceptors (Lipinski definition) is 4. The second kappa shape index (κ2) is 6.41. The van der Waals surface area contributed by atoms with E-state index in [1.807, 2.05) is 0 Å². The summed E-state index contributed by atoms with van der Waals surface area (Å²) >= 11 is 5.96. The third-order valence-corrected chi connectivity index (χ3v) is 3.94. The van der Waals surface area contributed by atoms with Crippen molar-refractivity contribution in [1.29, 1.82) is 0 Å². The minimum absolute atomic E-state index is 0.385. The molecule has 1 aromatic heterocycles. The first-order chi connectivity index (χ1) is 11.5. The Morgan fingerprint density at radius 2 is 2.04 bits per heavy atom. The lowest BCUT2D eigenvalue weighted by Crippen LogP contribution is -2.29. The van der Waals surface area contributed by atoms with Crippen LogP contribution in [0.15, 0.2) is 51.7 Å². The van der Waals surface area contributed by atoms with Crippen molar-refractivity contribution in [2.24, 2.45) is 0 Å². The number of methoxy groups -OCH3 is 1. The van der Waals surface area contributed by atoms with Gasteiger partial charge in [-0.05, 0) is 37.3 Å². The fourth-order valence-electron chi connectivity index (χ4n) is 2.48. The van der Waals surface area contributed by atoms with Gasteiger partial charge in [-0.1, -0.05) is 23.7 Å². The molecule has 0 aliphatic heterocycles. The second-order valence-electron chi connectivity index (χ2n) is 5.22. The van der Waals surface area contributed by atoms with Crippen LogP contribution in [-0.2, 0) is 4.79 Å². The van der Waals surface area contributed by atoms with Crippen LogP contribution >= 0.6 is 11.6 Å². The van der Waals surface area contributed by atoms with E-state index < -0.39 is 11.8 Å². The Balaban J connectivity index is 1.94. The summed E-state index contributed by atoms with van der Waals surface area (Å²) in [4.78, 5) is 24.7. The molecule has 0 fully saturated rings. The minimum atomic E-state index is -0.773. The number of para-hydroxylation sites is 2. The van der Waals surface area contributed by atoms with E-state index in [-0.39, 0.29) is 5.91 Å². The maximum Gasteiger partial charge on any atom is 0.420 e. The van der Waals surface area contributed by atoms with E-state index in [1.54, 1.807) is 49.4 Å². The highest BCUT2D eigenvalue weighted by Gasteiger charge is 2.22. The van der Waals surface area contributed by atoms with Gasteiger partial charge >= 0.3 is 5.76 Å². The molecule has 0 bridgehead atoms. The first-order valence-corrected chi connectivity index (χ1v) is 7.63. The van der Waals surface area contributed by atoms with Gasteiger partial charge in [0, 0.05) is 5.02 Å². The lowest BCUT2D eigenvalue weighted by molar-refractivity contribution is -0.118. The van der Waals surface area contributed by atoms with Crippen LogP contribution in [0, 0.1) is 0 Å². The topological polar surface area (TPSA) is 73.5 Å².